The minimum Gasteiger partial charge on any atom is -0.508 e. The second-order valence-electron chi connectivity index (χ2n) is 12.5. The van der Waals surface area contributed by atoms with Crippen LogP contribution >= 0.6 is 11.3 Å². The molecule has 5 rings (SSSR count). The molecule has 0 spiro atoms. The second kappa shape index (κ2) is 21.7. The van der Waals surface area contributed by atoms with E-state index >= 15 is 0 Å². The normalized spacial score (nSPS) is 11.1. The molecule has 0 amide bonds. The van der Waals surface area contributed by atoms with Gasteiger partial charge in [0.1, 0.15) is 28.9 Å². The van der Waals surface area contributed by atoms with Gasteiger partial charge in [-0.05, 0) is 124 Å². The highest BCUT2D eigenvalue weighted by molar-refractivity contribution is 7.09. The first kappa shape index (κ1) is 44.4. The number of phenolic OH excluding ortho intramolecular Hbond substituents is 5. The van der Waals surface area contributed by atoms with Crippen LogP contribution in [0, 0.1) is 54.5 Å². The number of rotatable bonds is 6. The molecule has 0 aliphatic rings. The number of halogens is 3. The van der Waals surface area contributed by atoms with Crippen molar-refractivity contribution in [2.75, 3.05) is 0 Å². The Labute approximate surface area is 317 Å². The van der Waals surface area contributed by atoms with Crippen molar-refractivity contribution in [3.05, 3.63) is 128 Å². The molecule has 0 aliphatic heterocycles. The summed E-state index contributed by atoms with van der Waals surface area (Å²) in [7, 11) is 0. The van der Waals surface area contributed by atoms with E-state index in [2.05, 4.69) is 22.9 Å². The lowest BCUT2D eigenvalue weighted by Gasteiger charge is -2.07. The van der Waals surface area contributed by atoms with Crippen molar-refractivity contribution in [1.29, 1.82) is 5.26 Å². The lowest BCUT2D eigenvalue weighted by molar-refractivity contribution is 0.398. The van der Waals surface area contributed by atoms with E-state index < -0.39 is 23.1 Å². The Balaban J connectivity index is 0.000000252. The second-order valence-corrected chi connectivity index (χ2v) is 13.5. The molecule has 13 heteroatoms. The maximum absolute atomic E-state index is 13.1. The van der Waals surface area contributed by atoms with Crippen LogP contribution in [-0.2, 0) is 19.3 Å². The van der Waals surface area contributed by atoms with Crippen LogP contribution in [0.3, 0.4) is 0 Å². The van der Waals surface area contributed by atoms with Gasteiger partial charge in [0.15, 0.2) is 23.0 Å². The highest BCUT2D eigenvalue weighted by Crippen LogP contribution is 2.29. The molecule has 0 saturated carbocycles. The molecule has 2 atom stereocenters. The zero-order chi connectivity index (χ0) is 40.5. The number of aromatic nitrogens is 1. The summed E-state index contributed by atoms with van der Waals surface area (Å²) in [4.78, 5) is 4.27. The predicted octanol–water partition coefficient (Wildman–Crippen LogP) is 7.77. The average Bonchev–Trinajstić information content (AvgIpc) is 3.52. The number of aryl methyl sites for hydroxylation is 3. The predicted molar refractivity (Wildman–Crippen MR) is 205 cm³/mol. The zero-order valence-corrected chi connectivity index (χ0v) is 31.5. The summed E-state index contributed by atoms with van der Waals surface area (Å²) in [5.41, 5.74) is 15.5. The Kier molecular flexibility index (Phi) is 17.9. The minimum atomic E-state index is -0.549. The largest absolute Gasteiger partial charge is 0.508 e. The van der Waals surface area contributed by atoms with Crippen molar-refractivity contribution in [2.24, 2.45) is 11.5 Å². The molecule has 286 valence electrons. The number of hydrogen-bond donors (Lipinski definition) is 7. The summed E-state index contributed by atoms with van der Waals surface area (Å²) in [5.74, 6) is 3.33. The summed E-state index contributed by atoms with van der Waals surface area (Å²) in [6, 6.07) is 15.7. The summed E-state index contributed by atoms with van der Waals surface area (Å²) in [6.07, 6.45) is 2.15. The van der Waals surface area contributed by atoms with Gasteiger partial charge in [-0.15, -0.1) is 11.3 Å². The molecule has 4 aromatic carbocycles. The van der Waals surface area contributed by atoms with Crippen LogP contribution in [-0.4, -0.2) is 42.6 Å². The molecule has 1 aromatic heterocycles. The van der Waals surface area contributed by atoms with Gasteiger partial charge >= 0.3 is 0 Å². The SMILES string of the molecule is CCCc1cc(O)c(O)cc1[18F].C[C@@H](N)Cc1cc(O)c(O)cc1[18F].C[C@@H](N)Cc1cc(O)ccc1[18F].Cc1cc(C#N)cc(C#Cc2csc(C)n2)c1. The van der Waals surface area contributed by atoms with Gasteiger partial charge in [-0.25, -0.2) is 18.2 Å². The molecular formula is C41H45F3N4O5S. The zero-order valence-electron chi connectivity index (χ0n) is 30.7. The van der Waals surface area contributed by atoms with Crippen molar-refractivity contribution in [3.63, 3.8) is 0 Å². The Morgan fingerprint density at radius 1 is 0.704 bits per heavy atom. The lowest BCUT2D eigenvalue weighted by Crippen LogP contribution is -2.18. The van der Waals surface area contributed by atoms with E-state index in [0.717, 1.165) is 40.4 Å². The van der Waals surface area contributed by atoms with Crippen molar-refractivity contribution in [2.45, 2.75) is 72.4 Å². The summed E-state index contributed by atoms with van der Waals surface area (Å²) < 4.78 is 39.0. The Bertz CT molecular complexity index is 2100. The molecule has 0 saturated heterocycles. The third-order valence-corrected chi connectivity index (χ3v) is 7.85. The van der Waals surface area contributed by atoms with Crippen molar-refractivity contribution in [3.8, 4) is 46.7 Å². The number of benzene rings is 4. The number of phenols is 5. The van der Waals surface area contributed by atoms with Crippen LogP contribution in [0.4, 0.5) is 13.2 Å². The topological polar surface area (TPSA) is 190 Å². The average molecular weight is 760 g/mol. The molecule has 5 aromatic rings. The summed E-state index contributed by atoms with van der Waals surface area (Å²) in [6.45, 7) is 9.37. The molecule has 0 unspecified atom stereocenters. The Morgan fingerprint density at radius 2 is 1.22 bits per heavy atom. The van der Waals surface area contributed by atoms with Crippen molar-refractivity contribution in [1.82, 2.24) is 4.98 Å². The number of nitrogens with zero attached hydrogens (tertiary/aromatic N) is 2. The smallest absolute Gasteiger partial charge is 0.160 e. The van der Waals surface area contributed by atoms with Crippen molar-refractivity contribution < 1.29 is 38.7 Å². The van der Waals surface area contributed by atoms with Gasteiger partial charge in [0.2, 0.25) is 0 Å². The molecule has 0 aliphatic carbocycles. The molecule has 0 bridgehead atoms. The highest BCUT2D eigenvalue weighted by Gasteiger charge is 2.10. The monoisotopic (exact) mass is 759 g/mol. The van der Waals surface area contributed by atoms with Crippen LogP contribution in [0.1, 0.15) is 71.3 Å². The molecule has 0 radical (unpaired) electrons. The van der Waals surface area contributed by atoms with E-state index in [1.165, 1.54) is 30.3 Å². The third kappa shape index (κ3) is 15.5. The van der Waals surface area contributed by atoms with Gasteiger partial charge in [-0.2, -0.15) is 5.26 Å². The molecule has 0 fully saturated rings. The Morgan fingerprint density at radius 3 is 1.74 bits per heavy atom. The van der Waals surface area contributed by atoms with Gasteiger partial charge in [-0.1, -0.05) is 19.3 Å². The van der Waals surface area contributed by atoms with Crippen LogP contribution < -0.4 is 11.5 Å². The number of nitriles is 1. The first-order valence-electron chi connectivity index (χ1n) is 16.8. The van der Waals surface area contributed by atoms with E-state index in [1.54, 1.807) is 31.3 Å². The van der Waals surface area contributed by atoms with Crippen LogP contribution in [0.5, 0.6) is 28.7 Å². The fourth-order valence-corrected chi connectivity index (χ4v) is 5.24. The van der Waals surface area contributed by atoms with Gasteiger partial charge in [0.05, 0.1) is 16.6 Å². The van der Waals surface area contributed by atoms with E-state index in [0.29, 0.717) is 41.5 Å². The maximum atomic E-state index is 13.1. The molecule has 1 heterocycles. The third-order valence-electron chi connectivity index (χ3n) is 7.08. The molecule has 9 N–H and O–H groups in total. The minimum absolute atomic E-state index is 0.0760. The first-order valence-corrected chi connectivity index (χ1v) is 17.6. The molecule has 54 heavy (non-hydrogen) atoms. The van der Waals surface area contributed by atoms with Crippen LogP contribution in [0.15, 0.2) is 66.0 Å². The van der Waals surface area contributed by atoms with E-state index in [1.807, 2.05) is 38.3 Å². The number of thiazole rings is 1. The van der Waals surface area contributed by atoms with Gasteiger partial charge in [0, 0.05) is 35.2 Å². The summed E-state index contributed by atoms with van der Waals surface area (Å²) in [5, 5.41) is 56.8. The van der Waals surface area contributed by atoms with Gasteiger partial charge < -0.3 is 37.0 Å². The fourth-order valence-electron chi connectivity index (χ4n) is 4.69. The standard InChI is InChI=1S/C14H10N2S.C9H12FNO2.C9H12FNO.C9H11FO2/c1-10-5-12(7-13(6-10)8-15)3-4-14-9-17-11(2)16-14;1-5(11)2-6-3-8(12)9(13)4-7(6)10;1-6(11)4-7-5-8(12)2-3-9(7)10;1-2-3-6-4-8(11)9(12)5-7(6)10/h5-7,9H,1-2H3;3-5,12-13H,2,11H2,1H3;2-3,5-6,12H,4,11H2,1H3;4-5,11-12H,2-3H2,1H3/t;5-;6-;/m.11./s1/i;3*10-1. The lowest BCUT2D eigenvalue weighted by atomic mass is 10.1. The van der Waals surface area contributed by atoms with E-state index in [9.17, 15) is 13.2 Å². The first-order chi connectivity index (χ1) is 25.4. The quantitative estimate of drug-likeness (QED) is 0.0670. The molecule has 9 nitrogen and oxygen atoms in total. The van der Waals surface area contributed by atoms with Crippen LogP contribution in [0.25, 0.3) is 0 Å². The van der Waals surface area contributed by atoms with Crippen LogP contribution in [0.2, 0.25) is 0 Å². The van der Waals surface area contributed by atoms with Gasteiger partial charge in [0.25, 0.3) is 0 Å². The van der Waals surface area contributed by atoms with E-state index in [4.69, 9.17) is 42.3 Å². The molecular weight excluding hydrogens is 715 g/mol. The van der Waals surface area contributed by atoms with Gasteiger partial charge in [-0.3, -0.25) is 0 Å². The summed E-state index contributed by atoms with van der Waals surface area (Å²) >= 11 is 1.58. The number of aromatic hydroxyl groups is 5. The van der Waals surface area contributed by atoms with E-state index in [-0.39, 0.29) is 35.1 Å². The Hall–Kier alpha value is -5.73. The highest BCUT2D eigenvalue weighted by atomic mass is 32.1. The fraction of sp³-hybridized carbons (Fsp3) is 0.268. The number of nitrogens with two attached hydrogens (primary N) is 2. The maximum Gasteiger partial charge on any atom is 0.160 e. The van der Waals surface area contributed by atoms with Crippen molar-refractivity contribution >= 4 is 11.3 Å². The number of hydrogen-bond acceptors (Lipinski definition) is 10.